The molecule has 136 valence electrons. The van der Waals surface area contributed by atoms with Crippen LogP contribution in [0.3, 0.4) is 0 Å². The minimum absolute atomic E-state index is 0. The fourth-order valence-corrected chi connectivity index (χ4v) is 2.28. The molecule has 1 amide bonds. The number of carbonyl (C=O) groups excluding carboxylic acids is 1. The normalized spacial score (nSPS) is 15.9. The maximum absolute atomic E-state index is 12.0. The summed E-state index contributed by atoms with van der Waals surface area (Å²) in [6, 6.07) is 3.78. The van der Waals surface area contributed by atoms with Gasteiger partial charge in [-0.3, -0.25) is 4.99 Å². The first-order chi connectivity index (χ1) is 10.8. The van der Waals surface area contributed by atoms with Crippen molar-refractivity contribution in [2.45, 2.75) is 32.8 Å². The zero-order valence-electron chi connectivity index (χ0n) is 14.5. The van der Waals surface area contributed by atoms with E-state index in [1.54, 1.807) is 11.2 Å². The monoisotopic (exact) mass is 450 g/mol. The molecule has 24 heavy (non-hydrogen) atoms. The van der Waals surface area contributed by atoms with Gasteiger partial charge in [0.15, 0.2) is 5.96 Å². The predicted molar refractivity (Wildman–Crippen MR) is 104 cm³/mol. The van der Waals surface area contributed by atoms with Crippen molar-refractivity contribution in [2.75, 3.05) is 32.7 Å². The number of ether oxygens (including phenoxy) is 1. The van der Waals surface area contributed by atoms with Crippen LogP contribution in [0.4, 0.5) is 4.79 Å². The molecule has 2 N–H and O–H groups in total. The molecular weight excluding hydrogens is 423 g/mol. The summed E-state index contributed by atoms with van der Waals surface area (Å²) in [6.45, 7) is 8.68. The first kappa shape index (κ1) is 20.6. The molecule has 0 bridgehead atoms. The standard InChI is InChI=1S/C16H26N4O3.HI/c1-16(2,3)23-15(21)20-10-8-19(9-11-20)14(17)18-7-6-13-5-4-12-22-13;/h4-5,12H,6-11H2,1-3H3,(H2,17,18);1H. The van der Waals surface area contributed by atoms with Crippen LogP contribution < -0.4 is 5.73 Å². The molecular formula is C16H27IN4O3. The molecule has 0 aromatic carbocycles. The number of halogens is 1. The molecule has 8 heteroatoms. The molecule has 2 heterocycles. The van der Waals surface area contributed by atoms with Crippen molar-refractivity contribution >= 4 is 36.0 Å². The van der Waals surface area contributed by atoms with Crippen LogP contribution in [0.15, 0.2) is 27.8 Å². The first-order valence-corrected chi connectivity index (χ1v) is 7.90. The van der Waals surface area contributed by atoms with E-state index in [1.165, 1.54) is 0 Å². The Hall–Kier alpha value is -1.45. The van der Waals surface area contributed by atoms with E-state index in [0.29, 0.717) is 38.7 Å². The van der Waals surface area contributed by atoms with E-state index in [9.17, 15) is 4.79 Å². The van der Waals surface area contributed by atoms with Gasteiger partial charge in [0.05, 0.1) is 6.26 Å². The molecule has 0 saturated carbocycles. The Bertz CT molecular complexity index is 532. The summed E-state index contributed by atoms with van der Waals surface area (Å²) < 4.78 is 10.6. The third kappa shape index (κ3) is 6.58. The van der Waals surface area contributed by atoms with Gasteiger partial charge >= 0.3 is 6.09 Å². The number of hydrogen-bond acceptors (Lipinski definition) is 4. The van der Waals surface area contributed by atoms with E-state index in [4.69, 9.17) is 14.9 Å². The number of carbonyl (C=O) groups is 1. The van der Waals surface area contributed by atoms with Crippen LogP contribution in [-0.2, 0) is 11.2 Å². The van der Waals surface area contributed by atoms with Crippen LogP contribution in [0.1, 0.15) is 26.5 Å². The highest BCUT2D eigenvalue weighted by Gasteiger charge is 2.26. The summed E-state index contributed by atoms with van der Waals surface area (Å²) in [5.41, 5.74) is 5.55. The molecule has 1 aliphatic rings. The molecule has 0 unspecified atom stereocenters. The van der Waals surface area contributed by atoms with Crippen molar-refractivity contribution in [3.05, 3.63) is 24.2 Å². The van der Waals surface area contributed by atoms with Gasteiger partial charge in [-0.15, -0.1) is 24.0 Å². The number of amides is 1. The average molecular weight is 450 g/mol. The number of furan rings is 1. The molecule has 0 spiro atoms. The largest absolute Gasteiger partial charge is 0.469 e. The smallest absolute Gasteiger partial charge is 0.410 e. The van der Waals surface area contributed by atoms with Crippen LogP contribution in [0.2, 0.25) is 0 Å². The zero-order valence-corrected chi connectivity index (χ0v) is 16.9. The van der Waals surface area contributed by atoms with Crippen LogP contribution >= 0.6 is 24.0 Å². The molecule has 0 aliphatic carbocycles. The Morgan fingerprint density at radius 3 is 2.46 bits per heavy atom. The molecule has 7 nitrogen and oxygen atoms in total. The lowest BCUT2D eigenvalue weighted by Crippen LogP contribution is -2.53. The van der Waals surface area contributed by atoms with Gasteiger partial charge in [0, 0.05) is 39.1 Å². The average Bonchev–Trinajstić information content (AvgIpc) is 2.99. The van der Waals surface area contributed by atoms with Crippen molar-refractivity contribution in [2.24, 2.45) is 10.7 Å². The van der Waals surface area contributed by atoms with Gasteiger partial charge in [-0.1, -0.05) is 0 Å². The number of nitrogens with zero attached hydrogens (tertiary/aromatic N) is 3. The second kappa shape index (κ2) is 9.14. The Balaban J connectivity index is 0.00000288. The lowest BCUT2D eigenvalue weighted by molar-refractivity contribution is 0.0186. The van der Waals surface area contributed by atoms with Gasteiger partial charge in [-0.2, -0.15) is 0 Å². The highest BCUT2D eigenvalue weighted by atomic mass is 127. The van der Waals surface area contributed by atoms with Gasteiger partial charge in [0.1, 0.15) is 11.4 Å². The molecule has 1 aliphatic heterocycles. The third-order valence-corrected chi connectivity index (χ3v) is 3.47. The van der Waals surface area contributed by atoms with Crippen molar-refractivity contribution in [3.8, 4) is 0 Å². The minimum Gasteiger partial charge on any atom is -0.469 e. The van der Waals surface area contributed by atoms with Crippen LogP contribution in [0.25, 0.3) is 0 Å². The molecule has 1 aromatic rings. The topological polar surface area (TPSA) is 84.3 Å². The summed E-state index contributed by atoms with van der Waals surface area (Å²) in [5, 5.41) is 0. The maximum atomic E-state index is 12.0. The van der Waals surface area contributed by atoms with Gasteiger partial charge in [0.25, 0.3) is 0 Å². The van der Waals surface area contributed by atoms with Crippen LogP contribution in [0.5, 0.6) is 0 Å². The second-order valence-corrected chi connectivity index (χ2v) is 6.52. The fourth-order valence-electron chi connectivity index (χ4n) is 2.28. The Morgan fingerprint density at radius 1 is 1.29 bits per heavy atom. The first-order valence-electron chi connectivity index (χ1n) is 7.90. The SMILES string of the molecule is CC(C)(C)OC(=O)N1CCN(C(N)=NCCc2ccco2)CC1.I. The Labute approximate surface area is 160 Å². The summed E-state index contributed by atoms with van der Waals surface area (Å²) in [7, 11) is 0. The number of nitrogens with two attached hydrogens (primary N) is 1. The molecule has 0 atom stereocenters. The van der Waals surface area contributed by atoms with Crippen molar-refractivity contribution < 1.29 is 13.9 Å². The van der Waals surface area contributed by atoms with E-state index >= 15 is 0 Å². The lowest BCUT2D eigenvalue weighted by atomic mass is 10.2. The number of aliphatic imine (C=N–C) groups is 1. The van der Waals surface area contributed by atoms with E-state index in [2.05, 4.69) is 4.99 Å². The molecule has 1 saturated heterocycles. The van der Waals surface area contributed by atoms with Crippen LogP contribution in [-0.4, -0.2) is 60.2 Å². The van der Waals surface area contributed by atoms with Gasteiger partial charge < -0.3 is 24.7 Å². The third-order valence-electron chi connectivity index (χ3n) is 3.47. The highest BCUT2D eigenvalue weighted by Crippen LogP contribution is 2.11. The van der Waals surface area contributed by atoms with E-state index in [1.807, 2.05) is 37.8 Å². The number of rotatable bonds is 3. The Morgan fingerprint density at radius 2 is 1.92 bits per heavy atom. The van der Waals surface area contributed by atoms with Crippen molar-refractivity contribution in [1.29, 1.82) is 0 Å². The predicted octanol–water partition coefficient (Wildman–Crippen LogP) is 2.31. The van der Waals surface area contributed by atoms with Gasteiger partial charge in [0.2, 0.25) is 0 Å². The summed E-state index contributed by atoms with van der Waals surface area (Å²) in [5.74, 6) is 1.41. The lowest BCUT2D eigenvalue weighted by Gasteiger charge is -2.36. The van der Waals surface area contributed by atoms with Crippen LogP contribution in [0, 0.1) is 0 Å². The minimum atomic E-state index is -0.472. The quantitative estimate of drug-likeness (QED) is 0.434. The Kier molecular flexibility index (Phi) is 7.85. The van der Waals surface area contributed by atoms with Gasteiger partial charge in [-0.05, 0) is 32.9 Å². The van der Waals surface area contributed by atoms with E-state index in [0.717, 1.165) is 12.2 Å². The number of guanidine groups is 1. The maximum Gasteiger partial charge on any atom is 0.410 e. The summed E-state index contributed by atoms with van der Waals surface area (Å²) >= 11 is 0. The van der Waals surface area contributed by atoms with Crippen molar-refractivity contribution in [3.63, 3.8) is 0 Å². The fraction of sp³-hybridized carbons (Fsp3) is 0.625. The summed E-state index contributed by atoms with van der Waals surface area (Å²) in [4.78, 5) is 20.1. The highest BCUT2D eigenvalue weighted by molar-refractivity contribution is 14.0. The van der Waals surface area contributed by atoms with E-state index in [-0.39, 0.29) is 30.1 Å². The number of piperazine rings is 1. The van der Waals surface area contributed by atoms with E-state index < -0.39 is 5.60 Å². The zero-order chi connectivity index (χ0) is 16.9. The molecule has 1 fully saturated rings. The second-order valence-electron chi connectivity index (χ2n) is 6.52. The molecule has 0 radical (unpaired) electrons. The molecule has 2 rings (SSSR count). The summed E-state index contributed by atoms with van der Waals surface area (Å²) in [6.07, 6.45) is 2.11. The number of hydrogen-bond donors (Lipinski definition) is 1. The van der Waals surface area contributed by atoms with Crippen molar-refractivity contribution in [1.82, 2.24) is 9.80 Å². The van der Waals surface area contributed by atoms with Gasteiger partial charge in [-0.25, -0.2) is 4.79 Å². The molecule has 1 aromatic heterocycles.